The molecule has 8 heteroatoms. The number of aromatic nitrogens is 2. The van der Waals surface area contributed by atoms with Crippen LogP contribution in [0, 0.1) is 5.92 Å². The Morgan fingerprint density at radius 2 is 1.97 bits per heavy atom. The van der Waals surface area contributed by atoms with Crippen molar-refractivity contribution in [1.82, 2.24) is 9.38 Å². The van der Waals surface area contributed by atoms with Gasteiger partial charge in [-0.05, 0) is 49.6 Å². The van der Waals surface area contributed by atoms with Crippen LogP contribution in [0.15, 0.2) is 42.6 Å². The molecular formula is C24H26F2N2O4. The molecule has 0 atom stereocenters. The van der Waals surface area contributed by atoms with Crippen LogP contribution >= 0.6 is 0 Å². The van der Waals surface area contributed by atoms with Gasteiger partial charge in [0.05, 0.1) is 18.9 Å². The highest BCUT2D eigenvalue weighted by atomic mass is 19.3. The van der Waals surface area contributed by atoms with Crippen molar-refractivity contribution >= 4 is 23.8 Å². The topological polar surface area (TPSA) is 62.1 Å². The zero-order valence-electron chi connectivity index (χ0n) is 18.3. The first-order valence-electron chi connectivity index (χ1n) is 10.4. The van der Waals surface area contributed by atoms with Gasteiger partial charge in [-0.3, -0.25) is 4.40 Å². The van der Waals surface area contributed by atoms with Crippen molar-refractivity contribution in [2.24, 2.45) is 5.92 Å². The molecule has 0 saturated heterocycles. The molecule has 0 fully saturated rings. The largest absolute Gasteiger partial charge is 0.489 e. The SMILES string of the molecule is CCOC(=O)c1c(C=Cc2cccc(OC(F)F)c2OCCC(C)C)nc2ccccn12. The zero-order chi connectivity index (χ0) is 23.1. The molecular weight excluding hydrogens is 418 g/mol. The number of carbonyl (C=O) groups is 1. The Labute approximate surface area is 185 Å². The predicted octanol–water partition coefficient (Wildman–Crippen LogP) is 5.71. The van der Waals surface area contributed by atoms with E-state index in [2.05, 4.69) is 9.72 Å². The van der Waals surface area contributed by atoms with Crippen LogP contribution in [-0.4, -0.2) is 35.2 Å². The minimum absolute atomic E-state index is 0.0495. The van der Waals surface area contributed by atoms with Crippen molar-refractivity contribution in [3.8, 4) is 11.5 Å². The van der Waals surface area contributed by atoms with Crippen LogP contribution in [0.5, 0.6) is 11.5 Å². The highest BCUT2D eigenvalue weighted by Gasteiger charge is 2.19. The molecule has 0 bridgehead atoms. The fraction of sp³-hybridized carbons (Fsp3) is 0.333. The number of imidazole rings is 1. The zero-order valence-corrected chi connectivity index (χ0v) is 18.3. The number of hydrogen-bond donors (Lipinski definition) is 0. The molecule has 0 unspecified atom stereocenters. The molecule has 0 aliphatic heterocycles. The molecule has 3 rings (SSSR count). The number of para-hydroxylation sites is 1. The first-order chi connectivity index (χ1) is 15.4. The summed E-state index contributed by atoms with van der Waals surface area (Å²) in [4.78, 5) is 17.1. The number of halogens is 2. The molecule has 0 radical (unpaired) electrons. The average Bonchev–Trinajstić information content (AvgIpc) is 3.11. The molecule has 2 aromatic heterocycles. The molecule has 3 aromatic rings. The molecule has 0 aliphatic carbocycles. The molecule has 1 aromatic carbocycles. The van der Waals surface area contributed by atoms with E-state index in [4.69, 9.17) is 9.47 Å². The van der Waals surface area contributed by atoms with Crippen molar-refractivity contribution in [2.75, 3.05) is 13.2 Å². The van der Waals surface area contributed by atoms with E-state index in [0.717, 1.165) is 6.42 Å². The molecule has 32 heavy (non-hydrogen) atoms. The summed E-state index contributed by atoms with van der Waals surface area (Å²) in [5, 5.41) is 0. The first kappa shape index (κ1) is 23.2. The van der Waals surface area contributed by atoms with Crippen molar-refractivity contribution in [3.63, 3.8) is 0 Å². The van der Waals surface area contributed by atoms with Crippen LogP contribution in [-0.2, 0) is 4.74 Å². The Kier molecular flexibility index (Phi) is 7.81. The number of rotatable bonds is 10. The quantitative estimate of drug-likeness (QED) is 0.375. The molecule has 2 heterocycles. The van der Waals surface area contributed by atoms with E-state index in [9.17, 15) is 13.6 Å². The Hall–Kier alpha value is -3.42. The molecule has 0 amide bonds. The second-order valence-corrected chi connectivity index (χ2v) is 7.41. The number of benzene rings is 1. The van der Waals surface area contributed by atoms with E-state index in [0.29, 0.717) is 29.4 Å². The minimum atomic E-state index is -2.98. The van der Waals surface area contributed by atoms with E-state index in [1.54, 1.807) is 53.9 Å². The Morgan fingerprint density at radius 3 is 2.69 bits per heavy atom. The molecule has 0 N–H and O–H groups in total. The number of fused-ring (bicyclic) bond motifs is 1. The van der Waals surface area contributed by atoms with Gasteiger partial charge < -0.3 is 14.2 Å². The number of pyridine rings is 1. The summed E-state index contributed by atoms with van der Waals surface area (Å²) in [5.41, 5.74) is 1.78. The molecule has 0 saturated carbocycles. The average molecular weight is 444 g/mol. The van der Waals surface area contributed by atoms with Crippen LogP contribution in [0.2, 0.25) is 0 Å². The van der Waals surface area contributed by atoms with Crippen LogP contribution in [0.4, 0.5) is 8.78 Å². The van der Waals surface area contributed by atoms with Crippen LogP contribution in [0.1, 0.15) is 48.9 Å². The third-order valence-corrected chi connectivity index (χ3v) is 4.61. The van der Waals surface area contributed by atoms with Crippen molar-refractivity contribution in [3.05, 3.63) is 59.5 Å². The van der Waals surface area contributed by atoms with Gasteiger partial charge in [0.25, 0.3) is 0 Å². The van der Waals surface area contributed by atoms with Gasteiger partial charge in [0, 0.05) is 11.8 Å². The fourth-order valence-corrected chi connectivity index (χ4v) is 3.11. The first-order valence-corrected chi connectivity index (χ1v) is 10.4. The highest BCUT2D eigenvalue weighted by molar-refractivity contribution is 5.94. The Morgan fingerprint density at radius 1 is 1.16 bits per heavy atom. The molecule has 0 aliphatic rings. The lowest BCUT2D eigenvalue weighted by Crippen LogP contribution is -2.09. The van der Waals surface area contributed by atoms with E-state index in [1.165, 1.54) is 6.07 Å². The van der Waals surface area contributed by atoms with Gasteiger partial charge in [-0.1, -0.05) is 32.0 Å². The summed E-state index contributed by atoms with van der Waals surface area (Å²) in [6.45, 7) is 3.42. The third kappa shape index (κ3) is 5.63. The lowest BCUT2D eigenvalue weighted by molar-refractivity contribution is -0.0515. The van der Waals surface area contributed by atoms with Crippen molar-refractivity contribution < 1.29 is 27.8 Å². The van der Waals surface area contributed by atoms with E-state index in [1.807, 2.05) is 19.9 Å². The van der Waals surface area contributed by atoms with Gasteiger partial charge in [0.1, 0.15) is 5.65 Å². The second kappa shape index (κ2) is 10.7. The third-order valence-electron chi connectivity index (χ3n) is 4.61. The summed E-state index contributed by atoms with van der Waals surface area (Å²) >= 11 is 0. The molecule has 0 spiro atoms. The van der Waals surface area contributed by atoms with E-state index in [-0.39, 0.29) is 23.8 Å². The maximum Gasteiger partial charge on any atom is 0.387 e. The lowest BCUT2D eigenvalue weighted by atomic mass is 10.1. The van der Waals surface area contributed by atoms with Crippen molar-refractivity contribution in [1.29, 1.82) is 0 Å². The number of hydrogen-bond acceptors (Lipinski definition) is 5. The van der Waals surface area contributed by atoms with Crippen LogP contribution in [0.25, 0.3) is 17.8 Å². The maximum atomic E-state index is 12.9. The summed E-state index contributed by atoms with van der Waals surface area (Å²) in [5.74, 6) is 0.0500. The number of carbonyl (C=O) groups excluding carboxylic acids is 1. The number of nitrogens with zero attached hydrogens (tertiary/aromatic N) is 2. The predicted molar refractivity (Wildman–Crippen MR) is 118 cm³/mol. The van der Waals surface area contributed by atoms with Gasteiger partial charge in [0.15, 0.2) is 17.2 Å². The normalized spacial score (nSPS) is 11.6. The minimum Gasteiger partial charge on any atom is -0.489 e. The molecule has 170 valence electrons. The fourth-order valence-electron chi connectivity index (χ4n) is 3.11. The van der Waals surface area contributed by atoms with Gasteiger partial charge in [-0.25, -0.2) is 9.78 Å². The maximum absolute atomic E-state index is 12.9. The smallest absolute Gasteiger partial charge is 0.387 e. The van der Waals surface area contributed by atoms with E-state index >= 15 is 0 Å². The number of alkyl halides is 2. The van der Waals surface area contributed by atoms with Gasteiger partial charge in [0.2, 0.25) is 0 Å². The summed E-state index contributed by atoms with van der Waals surface area (Å²) in [6.07, 6.45) is 5.78. The number of esters is 1. The van der Waals surface area contributed by atoms with Crippen LogP contribution < -0.4 is 9.47 Å². The molecule has 6 nitrogen and oxygen atoms in total. The summed E-state index contributed by atoms with van der Waals surface area (Å²) in [7, 11) is 0. The summed E-state index contributed by atoms with van der Waals surface area (Å²) in [6, 6.07) is 10.1. The highest BCUT2D eigenvalue weighted by Crippen LogP contribution is 2.34. The Bertz CT molecular complexity index is 1090. The number of ether oxygens (including phenoxy) is 3. The van der Waals surface area contributed by atoms with Crippen LogP contribution in [0.3, 0.4) is 0 Å². The second-order valence-electron chi connectivity index (χ2n) is 7.41. The summed E-state index contributed by atoms with van der Waals surface area (Å²) < 4.78 is 43.1. The monoisotopic (exact) mass is 444 g/mol. The van der Waals surface area contributed by atoms with E-state index < -0.39 is 12.6 Å². The lowest BCUT2D eigenvalue weighted by Gasteiger charge is -2.15. The van der Waals surface area contributed by atoms with Gasteiger partial charge in [-0.2, -0.15) is 8.78 Å². The Balaban J connectivity index is 2.00. The van der Waals surface area contributed by atoms with Gasteiger partial charge >= 0.3 is 12.6 Å². The van der Waals surface area contributed by atoms with Crippen molar-refractivity contribution in [2.45, 2.75) is 33.8 Å². The van der Waals surface area contributed by atoms with Gasteiger partial charge in [-0.15, -0.1) is 0 Å². The standard InChI is InChI=1S/C24H26F2N2O4/c1-4-30-23(29)21-18(27-20-10-5-6-14-28(20)21)12-11-17-8-7-9-19(32-24(25)26)22(17)31-15-13-16(2)3/h5-12,14,16,24H,4,13,15H2,1-3H3.